The molecular formula is C26H23N7. The molecule has 7 nitrogen and oxygen atoms in total. The molecule has 0 amide bonds. The summed E-state index contributed by atoms with van der Waals surface area (Å²) >= 11 is 0. The Balaban J connectivity index is 1.41. The second kappa shape index (κ2) is 7.20. The van der Waals surface area contributed by atoms with E-state index in [9.17, 15) is 0 Å². The third-order valence-corrected chi connectivity index (χ3v) is 6.52. The minimum Gasteiger partial charge on any atom is -0.378 e. The molecular weight excluding hydrogens is 410 g/mol. The lowest BCUT2D eigenvalue weighted by Gasteiger charge is -2.16. The number of rotatable bonds is 5. The summed E-state index contributed by atoms with van der Waals surface area (Å²) in [5.74, 6) is 1.35. The van der Waals surface area contributed by atoms with E-state index in [0.717, 1.165) is 52.1 Å². The van der Waals surface area contributed by atoms with Crippen molar-refractivity contribution in [1.82, 2.24) is 34.7 Å². The van der Waals surface area contributed by atoms with Crippen molar-refractivity contribution in [2.24, 2.45) is 0 Å². The molecule has 1 aliphatic rings. The van der Waals surface area contributed by atoms with E-state index < -0.39 is 0 Å². The average molecular weight is 434 g/mol. The van der Waals surface area contributed by atoms with Crippen LogP contribution in [0, 0.1) is 0 Å². The highest BCUT2D eigenvalue weighted by Crippen LogP contribution is 2.53. The number of fused-ring (bicyclic) bond motifs is 2. The Labute approximate surface area is 191 Å². The molecule has 1 fully saturated rings. The fraction of sp³-hybridized carbons (Fsp3) is 0.192. The first-order valence-corrected chi connectivity index (χ1v) is 11.0. The maximum atomic E-state index is 4.89. The maximum absolute atomic E-state index is 4.89. The van der Waals surface area contributed by atoms with Gasteiger partial charge in [-0.2, -0.15) is 9.61 Å². The lowest BCUT2D eigenvalue weighted by Crippen LogP contribution is -2.15. The van der Waals surface area contributed by atoms with Crippen LogP contribution in [0.4, 0.5) is 0 Å². The lowest BCUT2D eigenvalue weighted by molar-refractivity contribution is 0.593. The van der Waals surface area contributed by atoms with Crippen LogP contribution in [-0.4, -0.2) is 48.8 Å². The van der Waals surface area contributed by atoms with Gasteiger partial charge in [0.15, 0.2) is 5.82 Å². The predicted octanol–water partition coefficient (Wildman–Crippen LogP) is 4.35. The van der Waals surface area contributed by atoms with E-state index in [1.54, 1.807) is 6.20 Å². The molecule has 0 bridgehead atoms. The van der Waals surface area contributed by atoms with E-state index in [1.807, 2.05) is 47.9 Å². The van der Waals surface area contributed by atoms with E-state index in [1.165, 1.54) is 5.56 Å². The molecule has 0 aliphatic heterocycles. The summed E-state index contributed by atoms with van der Waals surface area (Å²) in [5, 5.41) is 14.9. The van der Waals surface area contributed by atoms with E-state index in [4.69, 9.17) is 5.10 Å². The molecule has 0 saturated heterocycles. The number of hydrogen-bond donors (Lipinski definition) is 0. The molecule has 7 heteroatoms. The molecule has 162 valence electrons. The fourth-order valence-electron chi connectivity index (χ4n) is 4.36. The zero-order chi connectivity index (χ0) is 22.6. The van der Waals surface area contributed by atoms with Crippen molar-refractivity contribution in [3.05, 3.63) is 90.5 Å². The van der Waals surface area contributed by atoms with Gasteiger partial charge in [0.1, 0.15) is 5.69 Å². The Morgan fingerprint density at radius 2 is 1.82 bits per heavy atom. The molecule has 0 radical (unpaired) electrons. The Hall–Kier alpha value is -4.13. The van der Waals surface area contributed by atoms with Crippen molar-refractivity contribution in [3.63, 3.8) is 0 Å². The molecule has 1 aliphatic carbocycles. The predicted molar refractivity (Wildman–Crippen MR) is 128 cm³/mol. The molecule has 3 heterocycles. The Bertz CT molecular complexity index is 1510. The summed E-state index contributed by atoms with van der Waals surface area (Å²) in [6, 6.07) is 18.7. The number of benzene rings is 2. The highest BCUT2D eigenvalue weighted by Gasteiger charge is 2.50. The van der Waals surface area contributed by atoms with Crippen LogP contribution in [0.1, 0.15) is 29.8 Å². The normalized spacial score (nSPS) is 14.5. The Morgan fingerprint density at radius 3 is 2.58 bits per heavy atom. The van der Waals surface area contributed by atoms with E-state index in [-0.39, 0.29) is 5.41 Å². The van der Waals surface area contributed by atoms with Crippen LogP contribution in [0.5, 0.6) is 0 Å². The maximum Gasteiger partial charge on any atom is 0.271 e. The summed E-state index contributed by atoms with van der Waals surface area (Å²) in [4.78, 5) is 11.0. The number of pyridine rings is 1. The van der Waals surface area contributed by atoms with Crippen molar-refractivity contribution in [3.8, 4) is 11.3 Å². The number of nitrogens with zero attached hydrogens (tertiary/aromatic N) is 7. The quantitative estimate of drug-likeness (QED) is 0.410. The molecule has 0 spiro atoms. The van der Waals surface area contributed by atoms with Crippen molar-refractivity contribution in [1.29, 1.82) is 0 Å². The summed E-state index contributed by atoms with van der Waals surface area (Å²) in [6.45, 7) is 4.13. The van der Waals surface area contributed by atoms with Crippen LogP contribution < -0.4 is 0 Å². The van der Waals surface area contributed by atoms with Crippen LogP contribution >= 0.6 is 0 Å². The molecule has 0 atom stereocenters. The van der Waals surface area contributed by atoms with Gasteiger partial charge in [-0.3, -0.25) is 4.98 Å². The first kappa shape index (κ1) is 19.5. The van der Waals surface area contributed by atoms with Crippen LogP contribution in [0.15, 0.2) is 73.6 Å². The Morgan fingerprint density at radius 1 is 1.00 bits per heavy atom. The minimum atomic E-state index is -0.190. The van der Waals surface area contributed by atoms with Gasteiger partial charge in [-0.25, -0.2) is 4.98 Å². The monoisotopic (exact) mass is 433 g/mol. The molecule has 0 N–H and O–H groups in total. The zero-order valence-electron chi connectivity index (χ0n) is 18.6. The molecule has 0 unspecified atom stereocenters. The highest BCUT2D eigenvalue weighted by atomic mass is 15.4. The Kier molecular flexibility index (Phi) is 4.26. The topological polar surface area (TPSA) is 72.1 Å². The first-order valence-electron chi connectivity index (χ1n) is 11.0. The third kappa shape index (κ3) is 3.16. The molecule has 3 aromatic heterocycles. The molecule has 1 saturated carbocycles. The van der Waals surface area contributed by atoms with Gasteiger partial charge >= 0.3 is 0 Å². The van der Waals surface area contributed by atoms with Gasteiger partial charge in [-0.15, -0.1) is 10.2 Å². The van der Waals surface area contributed by atoms with Crippen LogP contribution in [0.2, 0.25) is 0 Å². The van der Waals surface area contributed by atoms with Crippen LogP contribution in [-0.2, 0) is 5.41 Å². The van der Waals surface area contributed by atoms with E-state index >= 15 is 0 Å². The number of aromatic nitrogens is 6. The van der Waals surface area contributed by atoms with Crippen molar-refractivity contribution >= 4 is 22.4 Å². The minimum absolute atomic E-state index is 0.190. The molecule has 2 aromatic carbocycles. The largest absolute Gasteiger partial charge is 0.378 e. The SMILES string of the molecule is C=C(c1ccc(-c2cnc3nnc(C4(c5ccc6ncccc6c5)CC4)n3n2)cc1)N(C)C. The average Bonchev–Trinajstić information content (AvgIpc) is 3.55. The molecule has 6 rings (SSSR count). The molecule has 33 heavy (non-hydrogen) atoms. The fourth-order valence-corrected chi connectivity index (χ4v) is 4.36. The second-order valence-corrected chi connectivity index (χ2v) is 8.79. The van der Waals surface area contributed by atoms with Gasteiger partial charge in [-0.1, -0.05) is 43.0 Å². The zero-order valence-corrected chi connectivity index (χ0v) is 18.6. The first-order chi connectivity index (χ1) is 16.0. The smallest absolute Gasteiger partial charge is 0.271 e. The van der Waals surface area contributed by atoms with Gasteiger partial charge < -0.3 is 4.90 Å². The number of hydrogen-bond acceptors (Lipinski definition) is 6. The highest BCUT2D eigenvalue weighted by molar-refractivity contribution is 5.79. The van der Waals surface area contributed by atoms with Crippen molar-refractivity contribution in [2.45, 2.75) is 18.3 Å². The summed E-state index contributed by atoms with van der Waals surface area (Å²) in [6.07, 6.45) is 5.59. The van der Waals surface area contributed by atoms with Crippen molar-refractivity contribution in [2.75, 3.05) is 14.1 Å². The van der Waals surface area contributed by atoms with Gasteiger partial charge in [-0.05, 0) is 42.2 Å². The van der Waals surface area contributed by atoms with Gasteiger partial charge in [0.05, 0.1) is 17.1 Å². The van der Waals surface area contributed by atoms with Gasteiger partial charge in [0.25, 0.3) is 5.78 Å². The summed E-state index contributed by atoms with van der Waals surface area (Å²) in [7, 11) is 3.98. The van der Waals surface area contributed by atoms with Gasteiger partial charge in [0, 0.05) is 36.9 Å². The second-order valence-electron chi connectivity index (χ2n) is 8.79. The van der Waals surface area contributed by atoms with E-state index in [2.05, 4.69) is 63.1 Å². The summed E-state index contributed by atoms with van der Waals surface area (Å²) in [5.41, 5.74) is 5.83. The standard InChI is InChI=1S/C26H23N7/c1-17(32(2)3)18-6-8-19(9-7-18)23-16-28-25-30-29-24(33(25)31-23)26(12-13-26)21-10-11-22-20(15-21)5-4-14-27-22/h4-11,14-16H,1,12-13H2,2-3H3. The van der Waals surface area contributed by atoms with Crippen LogP contribution in [0.25, 0.3) is 33.6 Å². The lowest BCUT2D eigenvalue weighted by atomic mass is 9.94. The van der Waals surface area contributed by atoms with Gasteiger partial charge in [0.2, 0.25) is 0 Å². The third-order valence-electron chi connectivity index (χ3n) is 6.52. The van der Waals surface area contributed by atoms with E-state index in [0.29, 0.717) is 5.78 Å². The van der Waals surface area contributed by atoms with Crippen LogP contribution in [0.3, 0.4) is 0 Å². The molecule has 5 aromatic rings. The summed E-state index contributed by atoms with van der Waals surface area (Å²) < 4.78 is 1.81. The van der Waals surface area contributed by atoms with Crippen molar-refractivity contribution < 1.29 is 0 Å².